The molecular weight excluding hydrogens is 339 g/mol. The van der Waals surface area contributed by atoms with E-state index in [1.54, 1.807) is 7.05 Å². The third-order valence-corrected chi connectivity index (χ3v) is 3.95. The molecule has 0 spiro atoms. The predicted octanol–water partition coefficient (Wildman–Crippen LogP) is 4.36. The Balaban J connectivity index is 0. The zero-order chi connectivity index (χ0) is 19.4. The van der Waals surface area contributed by atoms with Crippen LogP contribution in [0.4, 0.5) is 13.2 Å². The fraction of sp³-hybridized carbons (Fsp3) is 0.529. The number of rotatable bonds is 4. The number of unbranched alkanes of at least 4 members (excludes halogenated alkanes) is 1. The second-order valence-electron chi connectivity index (χ2n) is 4.81. The minimum Gasteiger partial charge on any atom is -0.359 e. The Morgan fingerprint density at radius 1 is 1.29 bits per heavy atom. The molecule has 1 atom stereocenters. The number of halogens is 3. The van der Waals surface area contributed by atoms with Crippen molar-refractivity contribution in [2.75, 3.05) is 13.3 Å². The van der Waals surface area contributed by atoms with E-state index in [1.165, 1.54) is 18.4 Å². The number of alkyl halides is 3. The summed E-state index contributed by atoms with van der Waals surface area (Å²) in [6.45, 7) is 6.07. The van der Waals surface area contributed by atoms with Crippen LogP contribution >= 0.6 is 0 Å². The summed E-state index contributed by atoms with van der Waals surface area (Å²) in [5.41, 5.74) is -0.798. The molecule has 3 nitrogen and oxygen atoms in total. The molecule has 0 heterocycles. The summed E-state index contributed by atoms with van der Waals surface area (Å²) in [5, 5.41) is 2.56. The standard InChI is InChI=1S/C9H9F3OS.C6H13NO.C2H6/c1-14(2,13)8-5-3-4-7(6-8)9(10,11)12;1-3-4-5-6(8)7-2;1-2/h3-6H,1H2,2H3;3-5H2,1-2H3,(H,7,8);1-2H3. The van der Waals surface area contributed by atoms with Gasteiger partial charge in [-0.1, -0.05) is 33.3 Å². The summed E-state index contributed by atoms with van der Waals surface area (Å²) < 4.78 is 48.1. The first-order chi connectivity index (χ1) is 11.0. The highest BCUT2D eigenvalue weighted by Crippen LogP contribution is 2.30. The van der Waals surface area contributed by atoms with Gasteiger partial charge in [0.15, 0.2) is 0 Å². The van der Waals surface area contributed by atoms with Crippen LogP contribution in [0.2, 0.25) is 0 Å². The van der Waals surface area contributed by atoms with Crippen molar-refractivity contribution >= 4 is 21.3 Å². The van der Waals surface area contributed by atoms with Gasteiger partial charge in [-0.15, -0.1) is 0 Å². The maximum absolute atomic E-state index is 12.2. The SMILES string of the molecule is C=S(C)(=O)c1cccc(C(F)(F)F)c1.CC.CCCCC(=O)NC. The molecule has 1 rings (SSSR count). The number of amides is 1. The fourth-order valence-corrected chi connectivity index (χ4v) is 2.15. The highest BCUT2D eigenvalue weighted by atomic mass is 32.2. The van der Waals surface area contributed by atoms with Gasteiger partial charge >= 0.3 is 6.18 Å². The first-order valence-electron chi connectivity index (χ1n) is 7.72. The first kappa shape index (κ1) is 24.7. The minimum atomic E-state index is -4.40. The number of nitrogens with one attached hydrogen (secondary N) is 1. The molecule has 1 N–H and O–H groups in total. The van der Waals surface area contributed by atoms with Gasteiger partial charge in [-0.2, -0.15) is 13.2 Å². The summed E-state index contributed by atoms with van der Waals surface area (Å²) in [4.78, 5) is 10.6. The molecule has 7 heteroatoms. The molecular formula is C17H28F3NO2S. The molecule has 0 aliphatic heterocycles. The average molecular weight is 367 g/mol. The van der Waals surface area contributed by atoms with Crippen LogP contribution in [0.15, 0.2) is 29.2 Å². The Morgan fingerprint density at radius 2 is 1.83 bits per heavy atom. The molecule has 1 amide bonds. The van der Waals surface area contributed by atoms with Gasteiger partial charge in [-0.05, 0) is 40.0 Å². The van der Waals surface area contributed by atoms with E-state index in [0.29, 0.717) is 6.42 Å². The molecule has 0 aliphatic carbocycles. The molecule has 0 saturated carbocycles. The monoisotopic (exact) mass is 367 g/mol. The maximum atomic E-state index is 12.2. The van der Waals surface area contributed by atoms with E-state index < -0.39 is 21.3 Å². The van der Waals surface area contributed by atoms with Gasteiger partial charge in [-0.25, -0.2) is 0 Å². The highest BCUT2D eigenvalue weighted by Gasteiger charge is 2.30. The average Bonchev–Trinajstić information content (AvgIpc) is 2.53. The van der Waals surface area contributed by atoms with Crippen LogP contribution in [0.1, 0.15) is 45.6 Å². The van der Waals surface area contributed by atoms with Crippen molar-refractivity contribution in [3.63, 3.8) is 0 Å². The van der Waals surface area contributed by atoms with E-state index >= 15 is 0 Å². The zero-order valence-electron chi connectivity index (χ0n) is 15.0. The van der Waals surface area contributed by atoms with E-state index in [2.05, 4.69) is 18.1 Å². The lowest BCUT2D eigenvalue weighted by molar-refractivity contribution is -0.137. The van der Waals surface area contributed by atoms with Crippen molar-refractivity contribution in [1.82, 2.24) is 5.32 Å². The van der Waals surface area contributed by atoms with Crippen molar-refractivity contribution in [3.8, 4) is 0 Å². The molecule has 1 aromatic carbocycles. The van der Waals surface area contributed by atoms with Crippen molar-refractivity contribution in [1.29, 1.82) is 0 Å². The lowest BCUT2D eigenvalue weighted by atomic mass is 10.2. The molecule has 24 heavy (non-hydrogen) atoms. The van der Waals surface area contributed by atoms with E-state index in [9.17, 15) is 22.2 Å². The Labute approximate surface area is 143 Å². The van der Waals surface area contributed by atoms with Crippen molar-refractivity contribution in [2.24, 2.45) is 0 Å². The van der Waals surface area contributed by atoms with Gasteiger partial charge in [0.25, 0.3) is 0 Å². The van der Waals surface area contributed by atoms with Gasteiger partial charge in [0, 0.05) is 24.6 Å². The summed E-state index contributed by atoms with van der Waals surface area (Å²) >= 11 is 0. The number of carbonyl (C=O) groups excluding carboxylic acids is 1. The van der Waals surface area contributed by atoms with Gasteiger partial charge < -0.3 is 5.32 Å². The molecule has 140 valence electrons. The fourth-order valence-electron chi connectivity index (χ4n) is 1.40. The van der Waals surface area contributed by atoms with E-state index in [-0.39, 0.29) is 10.8 Å². The smallest absolute Gasteiger partial charge is 0.359 e. The summed E-state index contributed by atoms with van der Waals surface area (Å²) in [6.07, 6.45) is -0.330. The topological polar surface area (TPSA) is 46.2 Å². The maximum Gasteiger partial charge on any atom is 0.416 e. The Morgan fingerprint density at radius 3 is 2.21 bits per heavy atom. The van der Waals surface area contributed by atoms with Crippen LogP contribution < -0.4 is 5.32 Å². The predicted molar refractivity (Wildman–Crippen MR) is 95.8 cm³/mol. The normalized spacial score (nSPS) is 12.7. The Kier molecular flexibility index (Phi) is 12.3. The van der Waals surface area contributed by atoms with Crippen LogP contribution in [0.25, 0.3) is 0 Å². The molecule has 0 aliphatic rings. The Bertz CT molecular complexity index is 582. The summed E-state index contributed by atoms with van der Waals surface area (Å²) in [5.74, 6) is 3.47. The van der Waals surface area contributed by atoms with E-state index in [1.807, 2.05) is 13.8 Å². The third kappa shape index (κ3) is 11.1. The lowest BCUT2D eigenvalue weighted by Crippen LogP contribution is -2.16. The molecule has 0 fully saturated rings. The molecule has 1 unspecified atom stereocenters. The van der Waals surface area contributed by atoms with Crippen molar-refractivity contribution < 1.29 is 22.2 Å². The number of hydrogen-bond donors (Lipinski definition) is 1. The van der Waals surface area contributed by atoms with Crippen LogP contribution in [0, 0.1) is 0 Å². The number of hydrogen-bond acceptors (Lipinski definition) is 2. The van der Waals surface area contributed by atoms with Gasteiger partial charge in [0.1, 0.15) is 0 Å². The summed E-state index contributed by atoms with van der Waals surface area (Å²) in [7, 11) is -0.921. The van der Waals surface area contributed by atoms with Crippen molar-refractivity contribution in [3.05, 3.63) is 29.8 Å². The molecule has 0 aromatic heterocycles. The third-order valence-electron chi connectivity index (χ3n) is 2.70. The number of benzene rings is 1. The van der Waals surface area contributed by atoms with E-state index in [4.69, 9.17) is 0 Å². The Hall–Kier alpha value is -1.50. The largest absolute Gasteiger partial charge is 0.416 e. The zero-order valence-corrected chi connectivity index (χ0v) is 15.8. The van der Waals surface area contributed by atoms with Crippen LogP contribution in [-0.2, 0) is 20.5 Å². The van der Waals surface area contributed by atoms with E-state index in [0.717, 1.165) is 25.0 Å². The highest BCUT2D eigenvalue weighted by molar-refractivity contribution is 7.99. The van der Waals surface area contributed by atoms with Crippen molar-refractivity contribution in [2.45, 2.75) is 51.1 Å². The van der Waals surface area contributed by atoms with Crippen LogP contribution in [0.3, 0.4) is 0 Å². The van der Waals surface area contributed by atoms with Gasteiger partial charge in [-0.3, -0.25) is 9.00 Å². The van der Waals surface area contributed by atoms with Crippen LogP contribution in [0.5, 0.6) is 0 Å². The molecule has 0 bridgehead atoms. The second-order valence-corrected chi connectivity index (χ2v) is 7.29. The van der Waals surface area contributed by atoms with Gasteiger partial charge in [0.2, 0.25) is 5.91 Å². The minimum absolute atomic E-state index is 0.118. The lowest BCUT2D eigenvalue weighted by Gasteiger charge is -2.08. The van der Waals surface area contributed by atoms with Crippen LogP contribution in [-0.4, -0.2) is 29.3 Å². The molecule has 0 radical (unpaired) electrons. The first-order valence-corrected chi connectivity index (χ1v) is 9.86. The molecule has 0 saturated heterocycles. The summed E-state index contributed by atoms with van der Waals surface area (Å²) in [6, 6.07) is 4.42. The number of carbonyl (C=O) groups is 1. The van der Waals surface area contributed by atoms with Gasteiger partial charge in [0.05, 0.1) is 5.56 Å². The second kappa shape index (κ2) is 11.9. The molecule has 1 aromatic rings. The quantitative estimate of drug-likeness (QED) is 0.804.